The molecule has 0 aliphatic carbocycles. The summed E-state index contributed by atoms with van der Waals surface area (Å²) >= 11 is 0. The maximum absolute atomic E-state index is 12.3. The van der Waals surface area contributed by atoms with E-state index in [0.717, 1.165) is 11.1 Å². The number of aliphatic hydroxyl groups excluding tert-OH is 1. The van der Waals surface area contributed by atoms with Gasteiger partial charge in [-0.1, -0.05) is 72.8 Å². The van der Waals surface area contributed by atoms with Crippen LogP contribution in [-0.4, -0.2) is 23.0 Å². The Morgan fingerprint density at radius 2 is 1.47 bits per heavy atom. The highest BCUT2D eigenvalue weighted by Crippen LogP contribution is 2.16. The molecule has 0 spiro atoms. The quantitative estimate of drug-likeness (QED) is 0.510. The minimum absolute atomic E-state index is 0.210. The second kappa shape index (κ2) is 10.2. The van der Waals surface area contributed by atoms with Gasteiger partial charge in [-0.15, -0.1) is 0 Å². The van der Waals surface area contributed by atoms with Crippen molar-refractivity contribution < 1.29 is 19.4 Å². The third-order valence-corrected chi connectivity index (χ3v) is 4.64. The van der Waals surface area contributed by atoms with E-state index in [0.29, 0.717) is 17.9 Å². The third-order valence-electron chi connectivity index (χ3n) is 4.64. The van der Waals surface area contributed by atoms with Gasteiger partial charge in [0.05, 0.1) is 0 Å². The van der Waals surface area contributed by atoms with E-state index in [4.69, 9.17) is 10.5 Å². The molecule has 2 atom stereocenters. The molecule has 154 valence electrons. The molecule has 0 saturated carbocycles. The number of primary amides is 1. The number of carbonyl (C=O) groups is 2. The SMILES string of the molecule is NC(=O)[C@H](Cc1ccc(OCc2ccccc2)cc1)NC(=O)[C@@H](O)c1ccccc1. The summed E-state index contributed by atoms with van der Waals surface area (Å²) in [5.41, 5.74) is 7.77. The molecule has 6 heteroatoms. The van der Waals surface area contributed by atoms with Crippen molar-refractivity contribution in [1.82, 2.24) is 5.32 Å². The Kier molecular flexibility index (Phi) is 7.19. The average Bonchev–Trinajstić information content (AvgIpc) is 2.78. The summed E-state index contributed by atoms with van der Waals surface area (Å²) in [6, 6.07) is 24.6. The summed E-state index contributed by atoms with van der Waals surface area (Å²) in [5.74, 6) is -0.650. The molecule has 0 aliphatic rings. The van der Waals surface area contributed by atoms with E-state index >= 15 is 0 Å². The van der Waals surface area contributed by atoms with Gasteiger partial charge in [-0.05, 0) is 28.8 Å². The van der Waals surface area contributed by atoms with Crippen LogP contribution in [0.5, 0.6) is 5.75 Å². The molecule has 0 fully saturated rings. The van der Waals surface area contributed by atoms with Crippen molar-refractivity contribution in [2.24, 2.45) is 5.73 Å². The Morgan fingerprint density at radius 1 is 0.867 bits per heavy atom. The summed E-state index contributed by atoms with van der Waals surface area (Å²) in [4.78, 5) is 24.2. The number of hydrogen-bond donors (Lipinski definition) is 3. The van der Waals surface area contributed by atoms with E-state index in [-0.39, 0.29) is 6.42 Å². The number of carbonyl (C=O) groups excluding carboxylic acids is 2. The molecule has 0 aliphatic heterocycles. The largest absolute Gasteiger partial charge is 0.489 e. The van der Waals surface area contributed by atoms with Crippen LogP contribution < -0.4 is 15.8 Å². The van der Waals surface area contributed by atoms with Gasteiger partial charge in [-0.3, -0.25) is 9.59 Å². The van der Waals surface area contributed by atoms with Crippen LogP contribution in [0.1, 0.15) is 22.8 Å². The monoisotopic (exact) mass is 404 g/mol. The minimum atomic E-state index is -1.37. The molecular formula is C24H24N2O4. The van der Waals surface area contributed by atoms with E-state index in [9.17, 15) is 14.7 Å². The van der Waals surface area contributed by atoms with Gasteiger partial charge in [0.25, 0.3) is 5.91 Å². The van der Waals surface area contributed by atoms with Crippen LogP contribution >= 0.6 is 0 Å². The molecular weight excluding hydrogens is 380 g/mol. The van der Waals surface area contributed by atoms with Gasteiger partial charge in [0.2, 0.25) is 5.91 Å². The molecule has 30 heavy (non-hydrogen) atoms. The van der Waals surface area contributed by atoms with Crippen LogP contribution in [-0.2, 0) is 22.6 Å². The van der Waals surface area contributed by atoms with Crippen molar-refractivity contribution in [3.63, 3.8) is 0 Å². The van der Waals surface area contributed by atoms with E-state index in [1.807, 2.05) is 42.5 Å². The molecule has 0 heterocycles. The van der Waals surface area contributed by atoms with E-state index in [1.54, 1.807) is 42.5 Å². The van der Waals surface area contributed by atoms with Crippen molar-refractivity contribution >= 4 is 11.8 Å². The van der Waals surface area contributed by atoms with Gasteiger partial charge >= 0.3 is 0 Å². The summed E-state index contributed by atoms with van der Waals surface area (Å²) in [6.07, 6.45) is -1.16. The third kappa shape index (κ3) is 5.93. The molecule has 3 aromatic rings. The summed E-state index contributed by atoms with van der Waals surface area (Å²) in [5, 5.41) is 12.7. The first kappa shape index (κ1) is 21.1. The zero-order valence-corrected chi connectivity index (χ0v) is 16.4. The number of aliphatic hydroxyl groups is 1. The first-order chi connectivity index (χ1) is 14.5. The Bertz CT molecular complexity index is 960. The Hall–Kier alpha value is -3.64. The van der Waals surface area contributed by atoms with Gasteiger partial charge in [0, 0.05) is 6.42 Å². The lowest BCUT2D eigenvalue weighted by molar-refractivity contribution is -0.133. The number of nitrogens with two attached hydrogens (primary N) is 1. The molecule has 0 aromatic heterocycles. The van der Waals surface area contributed by atoms with E-state index < -0.39 is 24.0 Å². The van der Waals surface area contributed by atoms with Crippen LogP contribution in [0.25, 0.3) is 0 Å². The van der Waals surface area contributed by atoms with Crippen LogP contribution in [0, 0.1) is 0 Å². The number of rotatable bonds is 9. The summed E-state index contributed by atoms with van der Waals surface area (Å²) in [6.45, 7) is 0.456. The minimum Gasteiger partial charge on any atom is -0.489 e. The maximum atomic E-state index is 12.3. The van der Waals surface area contributed by atoms with E-state index in [1.165, 1.54) is 0 Å². The first-order valence-corrected chi connectivity index (χ1v) is 9.61. The van der Waals surface area contributed by atoms with Gasteiger partial charge in [0.1, 0.15) is 18.4 Å². The second-order valence-electron chi connectivity index (χ2n) is 6.90. The molecule has 3 rings (SSSR count). The van der Waals surface area contributed by atoms with E-state index in [2.05, 4.69) is 5.32 Å². The van der Waals surface area contributed by atoms with Crippen LogP contribution in [0.2, 0.25) is 0 Å². The Labute approximate surface area is 175 Å². The fourth-order valence-corrected chi connectivity index (χ4v) is 2.96. The van der Waals surface area contributed by atoms with Crippen molar-refractivity contribution in [2.75, 3.05) is 0 Å². The lowest BCUT2D eigenvalue weighted by Crippen LogP contribution is -2.47. The zero-order valence-electron chi connectivity index (χ0n) is 16.4. The lowest BCUT2D eigenvalue weighted by atomic mass is 10.0. The number of hydrogen-bond acceptors (Lipinski definition) is 4. The van der Waals surface area contributed by atoms with Crippen LogP contribution in [0.3, 0.4) is 0 Å². The summed E-state index contributed by atoms with van der Waals surface area (Å²) < 4.78 is 5.75. The Morgan fingerprint density at radius 3 is 2.07 bits per heavy atom. The normalized spacial score (nSPS) is 12.6. The molecule has 0 unspecified atom stereocenters. The standard InChI is InChI=1S/C24H24N2O4/c25-23(28)21(26-24(29)22(27)19-9-5-2-6-10-19)15-17-11-13-20(14-12-17)30-16-18-7-3-1-4-8-18/h1-14,21-22,27H,15-16H2,(H2,25,28)(H,26,29)/t21-,22-/m0/s1. The van der Waals surface area contributed by atoms with Crippen molar-refractivity contribution in [3.05, 3.63) is 102 Å². The maximum Gasteiger partial charge on any atom is 0.254 e. The highest BCUT2D eigenvalue weighted by molar-refractivity contribution is 5.89. The van der Waals surface area contributed by atoms with Crippen LogP contribution in [0.4, 0.5) is 0 Å². The zero-order chi connectivity index (χ0) is 21.3. The Balaban J connectivity index is 1.58. The molecule has 6 nitrogen and oxygen atoms in total. The fourth-order valence-electron chi connectivity index (χ4n) is 2.96. The number of ether oxygens (including phenoxy) is 1. The summed E-state index contributed by atoms with van der Waals surface area (Å²) in [7, 11) is 0. The highest BCUT2D eigenvalue weighted by Gasteiger charge is 2.24. The number of benzene rings is 3. The number of amides is 2. The fraction of sp³-hybridized carbons (Fsp3) is 0.167. The molecule has 4 N–H and O–H groups in total. The molecule has 0 saturated heterocycles. The van der Waals surface area contributed by atoms with Crippen molar-refractivity contribution in [2.45, 2.75) is 25.2 Å². The van der Waals surface area contributed by atoms with Gasteiger partial charge in [-0.2, -0.15) is 0 Å². The smallest absolute Gasteiger partial charge is 0.254 e. The number of nitrogens with one attached hydrogen (secondary N) is 1. The predicted octanol–water partition coefficient (Wildman–Crippen LogP) is 2.51. The average molecular weight is 404 g/mol. The molecule has 3 aromatic carbocycles. The van der Waals surface area contributed by atoms with Crippen molar-refractivity contribution in [3.8, 4) is 5.75 Å². The van der Waals surface area contributed by atoms with Gasteiger partial charge in [0.15, 0.2) is 6.10 Å². The van der Waals surface area contributed by atoms with Gasteiger partial charge in [-0.25, -0.2) is 0 Å². The first-order valence-electron chi connectivity index (χ1n) is 9.61. The van der Waals surface area contributed by atoms with Gasteiger partial charge < -0.3 is 20.9 Å². The molecule has 0 bridgehead atoms. The highest BCUT2D eigenvalue weighted by atomic mass is 16.5. The predicted molar refractivity (Wildman–Crippen MR) is 113 cm³/mol. The molecule has 0 radical (unpaired) electrons. The topological polar surface area (TPSA) is 102 Å². The second-order valence-corrected chi connectivity index (χ2v) is 6.90. The van der Waals surface area contributed by atoms with Crippen molar-refractivity contribution in [1.29, 1.82) is 0 Å². The van der Waals surface area contributed by atoms with Crippen LogP contribution in [0.15, 0.2) is 84.9 Å². The lowest BCUT2D eigenvalue weighted by Gasteiger charge is -2.18. The molecule has 2 amide bonds.